The number of rotatable bonds is 8. The van der Waals surface area contributed by atoms with E-state index >= 15 is 0 Å². The predicted octanol–water partition coefficient (Wildman–Crippen LogP) is 2.07. The van der Waals surface area contributed by atoms with Crippen LogP contribution in [-0.4, -0.2) is 43.1 Å². The largest absolute Gasteiger partial charge is 0.491 e. The normalized spacial score (nSPS) is 12.3. The standard InChI is InChI=1S/C22H21BrN6O4/c1-28-19-18(20(31)26-22(28)32)29(12-16(30)13-33-17-5-3-2-4-6-17)21(25-19)27-24-11-14-7-9-15(23)10-8-14/h2-11,16,30H,12-13H2,1H3,(H,25,27)(H,26,31,32)/b24-11+. The van der Waals surface area contributed by atoms with E-state index in [4.69, 9.17) is 4.74 Å². The van der Waals surface area contributed by atoms with E-state index in [1.54, 1.807) is 18.3 Å². The molecule has 33 heavy (non-hydrogen) atoms. The van der Waals surface area contributed by atoms with Crippen LogP contribution in [0.4, 0.5) is 5.95 Å². The summed E-state index contributed by atoms with van der Waals surface area (Å²) in [6, 6.07) is 16.6. The summed E-state index contributed by atoms with van der Waals surface area (Å²) < 4.78 is 9.26. The van der Waals surface area contributed by atoms with Gasteiger partial charge in [-0.1, -0.05) is 46.3 Å². The SMILES string of the molecule is Cn1c(=O)[nH]c(=O)c2c1nc(N/N=C/c1ccc(Br)cc1)n2CC(O)COc1ccccc1. The molecule has 0 spiro atoms. The number of aromatic amines is 1. The highest BCUT2D eigenvalue weighted by atomic mass is 79.9. The van der Waals surface area contributed by atoms with Crippen molar-refractivity contribution in [3.63, 3.8) is 0 Å². The zero-order valence-electron chi connectivity index (χ0n) is 17.6. The lowest BCUT2D eigenvalue weighted by atomic mass is 10.2. The number of benzene rings is 2. The van der Waals surface area contributed by atoms with E-state index in [2.05, 4.69) is 36.4 Å². The van der Waals surface area contributed by atoms with E-state index in [-0.39, 0.29) is 30.3 Å². The lowest BCUT2D eigenvalue weighted by molar-refractivity contribution is 0.0938. The van der Waals surface area contributed by atoms with Gasteiger partial charge in [-0.05, 0) is 29.8 Å². The Morgan fingerprint density at radius 3 is 2.67 bits per heavy atom. The Bertz CT molecular complexity index is 1390. The van der Waals surface area contributed by atoms with E-state index < -0.39 is 17.4 Å². The number of para-hydroxylation sites is 1. The minimum Gasteiger partial charge on any atom is -0.491 e. The van der Waals surface area contributed by atoms with E-state index in [0.29, 0.717) is 5.75 Å². The minimum absolute atomic E-state index is 0.00500. The number of aryl methyl sites for hydroxylation is 1. The van der Waals surface area contributed by atoms with Gasteiger partial charge >= 0.3 is 5.69 Å². The van der Waals surface area contributed by atoms with Gasteiger partial charge in [0.25, 0.3) is 5.56 Å². The smallest absolute Gasteiger partial charge is 0.329 e. The molecule has 11 heteroatoms. The second-order valence-electron chi connectivity index (χ2n) is 7.24. The molecular formula is C22H21BrN6O4. The summed E-state index contributed by atoms with van der Waals surface area (Å²) >= 11 is 3.38. The fraction of sp³-hybridized carbons (Fsp3) is 0.182. The molecule has 1 unspecified atom stereocenters. The number of hydrazone groups is 1. The summed E-state index contributed by atoms with van der Waals surface area (Å²) in [6.07, 6.45) is 0.629. The first-order valence-corrected chi connectivity index (χ1v) is 10.8. The number of nitrogens with zero attached hydrogens (tertiary/aromatic N) is 4. The van der Waals surface area contributed by atoms with Crippen molar-refractivity contribution in [2.75, 3.05) is 12.0 Å². The molecule has 0 aliphatic carbocycles. The first kappa shape index (κ1) is 22.5. The maximum Gasteiger partial charge on any atom is 0.329 e. The number of hydrogen-bond acceptors (Lipinski definition) is 7. The second-order valence-corrected chi connectivity index (χ2v) is 8.15. The number of aromatic nitrogens is 4. The van der Waals surface area contributed by atoms with Crippen molar-refractivity contribution in [3.05, 3.63) is 85.5 Å². The maximum atomic E-state index is 12.6. The molecule has 0 saturated carbocycles. The summed E-state index contributed by atoms with van der Waals surface area (Å²) in [6.45, 7) is -0.0181. The summed E-state index contributed by atoms with van der Waals surface area (Å²) in [5, 5.41) is 14.8. The number of aliphatic hydroxyl groups is 1. The van der Waals surface area contributed by atoms with Crippen LogP contribution in [0, 0.1) is 0 Å². The van der Waals surface area contributed by atoms with E-state index in [9.17, 15) is 14.7 Å². The third kappa shape index (κ3) is 5.21. The summed E-state index contributed by atoms with van der Waals surface area (Å²) in [5.41, 5.74) is 2.76. The van der Waals surface area contributed by atoms with Gasteiger partial charge in [0.1, 0.15) is 18.5 Å². The summed E-state index contributed by atoms with van der Waals surface area (Å²) in [5.74, 6) is 0.813. The average molecular weight is 513 g/mol. The number of halogens is 1. The lowest BCUT2D eigenvalue weighted by Crippen LogP contribution is -2.30. The molecule has 0 amide bonds. The van der Waals surface area contributed by atoms with Crippen LogP contribution in [0.2, 0.25) is 0 Å². The highest BCUT2D eigenvalue weighted by Crippen LogP contribution is 2.17. The highest BCUT2D eigenvalue weighted by molar-refractivity contribution is 9.10. The third-order valence-corrected chi connectivity index (χ3v) is 5.36. The first-order chi connectivity index (χ1) is 15.9. The van der Waals surface area contributed by atoms with Crippen molar-refractivity contribution in [1.29, 1.82) is 0 Å². The molecule has 0 saturated heterocycles. The van der Waals surface area contributed by atoms with Gasteiger partial charge in [0.15, 0.2) is 11.2 Å². The van der Waals surface area contributed by atoms with Crippen LogP contribution in [0.5, 0.6) is 5.75 Å². The van der Waals surface area contributed by atoms with Crippen molar-refractivity contribution in [1.82, 2.24) is 19.1 Å². The van der Waals surface area contributed by atoms with Crippen LogP contribution in [0.3, 0.4) is 0 Å². The first-order valence-electron chi connectivity index (χ1n) is 10.0. The molecule has 10 nitrogen and oxygen atoms in total. The number of fused-ring (bicyclic) bond motifs is 1. The van der Waals surface area contributed by atoms with Crippen molar-refractivity contribution < 1.29 is 9.84 Å². The highest BCUT2D eigenvalue weighted by Gasteiger charge is 2.19. The van der Waals surface area contributed by atoms with Crippen molar-refractivity contribution in [2.45, 2.75) is 12.6 Å². The lowest BCUT2D eigenvalue weighted by Gasteiger charge is -2.15. The van der Waals surface area contributed by atoms with Crippen LogP contribution in [0.1, 0.15) is 5.56 Å². The Morgan fingerprint density at radius 1 is 1.21 bits per heavy atom. The predicted molar refractivity (Wildman–Crippen MR) is 129 cm³/mol. The molecule has 2 aromatic carbocycles. The van der Waals surface area contributed by atoms with Gasteiger partial charge in [-0.2, -0.15) is 10.1 Å². The Balaban J connectivity index is 1.62. The number of ether oxygens (including phenoxy) is 1. The molecule has 0 bridgehead atoms. The molecule has 4 aromatic rings. The summed E-state index contributed by atoms with van der Waals surface area (Å²) in [7, 11) is 1.50. The molecule has 2 heterocycles. The quantitative estimate of drug-likeness (QED) is 0.245. The molecule has 0 fully saturated rings. The number of H-pyrrole nitrogens is 1. The van der Waals surface area contributed by atoms with E-state index in [1.807, 2.05) is 42.5 Å². The Kier molecular flexibility index (Phi) is 6.71. The molecule has 0 aliphatic heterocycles. The van der Waals surface area contributed by atoms with Gasteiger partial charge in [-0.25, -0.2) is 10.2 Å². The molecule has 2 aromatic heterocycles. The summed E-state index contributed by atoms with van der Waals surface area (Å²) in [4.78, 5) is 31.2. The molecular weight excluding hydrogens is 492 g/mol. The van der Waals surface area contributed by atoms with Crippen molar-refractivity contribution in [3.8, 4) is 5.75 Å². The Labute approximate surface area is 196 Å². The Hall–Kier alpha value is -3.70. The average Bonchev–Trinajstić information content (AvgIpc) is 3.17. The van der Waals surface area contributed by atoms with Crippen LogP contribution in [0.15, 0.2) is 73.8 Å². The molecule has 4 rings (SSSR count). The monoisotopic (exact) mass is 512 g/mol. The van der Waals surface area contributed by atoms with Crippen LogP contribution in [-0.2, 0) is 13.6 Å². The van der Waals surface area contributed by atoms with Gasteiger partial charge in [0, 0.05) is 11.5 Å². The van der Waals surface area contributed by atoms with Gasteiger partial charge in [0.05, 0.1) is 12.8 Å². The molecule has 170 valence electrons. The fourth-order valence-electron chi connectivity index (χ4n) is 3.18. The third-order valence-electron chi connectivity index (χ3n) is 4.83. The number of hydrogen-bond donors (Lipinski definition) is 3. The number of imidazole rings is 1. The van der Waals surface area contributed by atoms with Gasteiger partial charge in [-0.3, -0.25) is 14.3 Å². The Morgan fingerprint density at radius 2 is 1.94 bits per heavy atom. The van der Waals surface area contributed by atoms with Crippen LogP contribution < -0.4 is 21.4 Å². The number of nitrogens with one attached hydrogen (secondary N) is 2. The molecule has 1 atom stereocenters. The van der Waals surface area contributed by atoms with Gasteiger partial charge in [0.2, 0.25) is 5.95 Å². The van der Waals surface area contributed by atoms with Crippen LogP contribution in [0.25, 0.3) is 11.2 Å². The minimum atomic E-state index is -0.963. The molecule has 0 radical (unpaired) electrons. The number of aliphatic hydroxyl groups excluding tert-OH is 1. The van der Waals surface area contributed by atoms with Gasteiger partial charge in [-0.15, -0.1) is 0 Å². The zero-order chi connectivity index (χ0) is 23.4. The molecule has 0 aliphatic rings. The fourth-order valence-corrected chi connectivity index (χ4v) is 3.45. The number of anilines is 1. The molecule has 3 N–H and O–H groups in total. The van der Waals surface area contributed by atoms with Gasteiger partial charge < -0.3 is 14.4 Å². The van der Waals surface area contributed by atoms with Crippen molar-refractivity contribution >= 4 is 39.3 Å². The maximum absolute atomic E-state index is 12.6. The van der Waals surface area contributed by atoms with Crippen molar-refractivity contribution in [2.24, 2.45) is 12.1 Å². The second kappa shape index (κ2) is 9.84. The van der Waals surface area contributed by atoms with E-state index in [0.717, 1.165) is 10.0 Å². The van der Waals surface area contributed by atoms with Crippen LogP contribution >= 0.6 is 15.9 Å². The topological polar surface area (TPSA) is 127 Å². The van der Waals surface area contributed by atoms with E-state index in [1.165, 1.54) is 16.2 Å². The zero-order valence-corrected chi connectivity index (χ0v) is 19.2.